The Kier molecular flexibility index (Phi) is 75.1. The molecule has 0 amide bonds. The van der Waals surface area contributed by atoms with Gasteiger partial charge in [0.25, 0.3) is 0 Å². The van der Waals surface area contributed by atoms with E-state index in [-0.39, 0.29) is 0 Å². The fourth-order valence-corrected chi connectivity index (χ4v) is 22.6. The van der Waals surface area contributed by atoms with Gasteiger partial charge in [-0.25, -0.2) is 9.97 Å². The number of fused-ring (bicyclic) bond motifs is 8. The van der Waals surface area contributed by atoms with Gasteiger partial charge in [-0.15, -0.1) is 11.1 Å². The number of benzene rings is 2. The Morgan fingerprint density at radius 2 is 0.360 bits per heavy atom. The minimum atomic E-state index is -2.00. The molecule has 10 nitrogen and oxygen atoms in total. The molecule has 12 heteroatoms. The maximum absolute atomic E-state index is 7.28. The van der Waals surface area contributed by atoms with Gasteiger partial charge in [0.1, 0.15) is 16.1 Å². The van der Waals surface area contributed by atoms with Crippen LogP contribution < -0.4 is 28.4 Å². The van der Waals surface area contributed by atoms with Crippen LogP contribution in [0.2, 0.25) is 39.3 Å². The zero-order chi connectivity index (χ0) is 107. The summed E-state index contributed by atoms with van der Waals surface area (Å²) in [6.07, 6.45) is 119. The standard InChI is InChI=1S/C138H230N4O6Si2/c1-13-19-25-31-37-43-49-55-61-67-73-79-85-91-107-143-131-115-119(116-132(144-108-92-86-80-74-68-62-56-50-44-38-32-26-20-14-2)137(131)147-111-95-89-83-77-71-65-59-53-47-41-35-29-23-17-5)135-127-101-97-123(139-127)121(105-113-149(7,8)9)125-99-103-129(141-125)136(130-104-100-126(142-130)122(106-114-150(10,11)12)124-98-102-128(135)140-124)120-117-133(145-109-93-87-81-75-69-63-57-51-45-39-33-27-21-15-3)138(148-112-96-90-84-78-72-66-60-54-48-42-36-30-24-18-6)134(118-120)146-110-94-88-82-76-70-64-58-52-46-40-34-28-22-16-4/h97-104,115-118,139,142H,13-96,107-112H2,1-12H3. The van der Waals surface area contributed by atoms with Gasteiger partial charge in [0, 0.05) is 22.2 Å². The lowest BCUT2D eigenvalue weighted by Gasteiger charge is -2.19. The fraction of sp³-hybridized carbons (Fsp3) is 0.739. The number of nitrogens with one attached hydrogen (secondary N) is 2. The molecule has 0 spiro atoms. The van der Waals surface area contributed by atoms with Crippen molar-refractivity contribution in [1.29, 1.82) is 0 Å². The van der Waals surface area contributed by atoms with Gasteiger partial charge in [-0.2, -0.15) is 0 Å². The summed E-state index contributed by atoms with van der Waals surface area (Å²) in [6.45, 7) is 31.5. The van der Waals surface area contributed by atoms with Gasteiger partial charge >= 0.3 is 0 Å². The predicted molar refractivity (Wildman–Crippen MR) is 665 cm³/mol. The summed E-state index contributed by atoms with van der Waals surface area (Å²) in [5.74, 6) is 12.1. The number of aromatic nitrogens is 4. The Morgan fingerprint density at radius 3 is 0.540 bits per heavy atom. The first-order valence-corrected chi connectivity index (χ1v) is 72.0. The van der Waals surface area contributed by atoms with Crippen molar-refractivity contribution in [3.8, 4) is 79.7 Å². The molecular formula is C138H230N4O6Si2. The van der Waals surface area contributed by atoms with E-state index >= 15 is 0 Å². The molecule has 2 aromatic carbocycles. The molecule has 5 heterocycles. The quantitative estimate of drug-likeness (QED) is 0.0220. The zero-order valence-corrected chi connectivity index (χ0v) is 102. The molecule has 2 aliphatic heterocycles. The molecule has 0 saturated heterocycles. The third kappa shape index (κ3) is 60.1. The molecule has 150 heavy (non-hydrogen) atoms. The number of nitrogens with zero attached hydrogens (tertiary/aromatic N) is 2. The summed E-state index contributed by atoms with van der Waals surface area (Å²) >= 11 is 0. The van der Waals surface area contributed by atoms with Crippen LogP contribution in [-0.2, 0) is 0 Å². The molecule has 0 radical (unpaired) electrons. The van der Waals surface area contributed by atoms with Crippen LogP contribution in [0.1, 0.15) is 615 Å². The van der Waals surface area contributed by atoms with E-state index in [0.717, 1.165) is 190 Å². The monoisotopic (exact) mass is 2100 g/mol. The summed E-state index contributed by atoms with van der Waals surface area (Å²) in [6, 6.07) is 18.0. The third-order valence-corrected chi connectivity index (χ3v) is 32.8. The second kappa shape index (κ2) is 86.5. The molecule has 0 unspecified atom stereocenters. The van der Waals surface area contributed by atoms with Gasteiger partial charge in [0.2, 0.25) is 11.5 Å². The van der Waals surface area contributed by atoms with Gasteiger partial charge in [-0.1, -0.05) is 593 Å². The number of H-pyrrole nitrogens is 2. The van der Waals surface area contributed by atoms with Crippen LogP contribution in [0.5, 0.6) is 34.5 Å². The number of ether oxygens (including phenoxy) is 6. The molecule has 0 saturated carbocycles. The Labute approximate surface area is 926 Å². The van der Waals surface area contributed by atoms with Crippen molar-refractivity contribution in [2.75, 3.05) is 39.6 Å². The van der Waals surface area contributed by atoms with Crippen molar-refractivity contribution in [2.24, 2.45) is 0 Å². The van der Waals surface area contributed by atoms with E-state index in [9.17, 15) is 0 Å². The SMILES string of the molecule is CCCCCCCCCCCCCCCCOc1cc(-c2c3nc(c(C#C[Si](C)(C)C)c4ccc([nH]4)c(-c4cc(OCCCCCCCCCCCCCCCC)c(OCCCCCCCCCCCCCCCC)c(OCCCCCCCCCCCCCCCC)c4)c4nc(c(C#C[Si](C)(C)C)c5ccc2[nH]5)C=C4)C=C3)cc(OCCCCCCCCCCCCCCCC)c1OCCCCCCCCCCCCCCCC. The molecular weight excluding hydrogens is 1870 g/mol. The Balaban J connectivity index is 1.35. The van der Waals surface area contributed by atoms with Crippen molar-refractivity contribution in [3.05, 3.63) is 82.4 Å². The summed E-state index contributed by atoms with van der Waals surface area (Å²) in [5.41, 5.74) is 20.1. The number of hydrogen-bond donors (Lipinski definition) is 2. The van der Waals surface area contributed by atoms with E-state index in [4.69, 9.17) is 38.4 Å². The second-order valence-corrected chi connectivity index (χ2v) is 57.3. The minimum absolute atomic E-state index is 0.590. The van der Waals surface area contributed by atoms with E-state index in [1.807, 2.05) is 0 Å². The number of unbranched alkanes of at least 4 members (excludes halogenated alkanes) is 78. The lowest BCUT2D eigenvalue weighted by Crippen LogP contribution is -2.16. The zero-order valence-electron chi connectivity index (χ0n) is 99.9. The van der Waals surface area contributed by atoms with Crippen LogP contribution in [0.4, 0.5) is 0 Å². The summed E-state index contributed by atoms with van der Waals surface area (Å²) < 4.78 is 43.5. The lowest BCUT2D eigenvalue weighted by atomic mass is 10.0. The molecule has 7 rings (SSSR count). The van der Waals surface area contributed by atoms with E-state index in [1.54, 1.807) is 0 Å². The molecule has 0 atom stereocenters. The van der Waals surface area contributed by atoms with Crippen molar-refractivity contribution in [3.63, 3.8) is 0 Å². The largest absolute Gasteiger partial charge is 0.490 e. The summed E-state index contributed by atoms with van der Waals surface area (Å²) in [4.78, 5) is 19.9. The second-order valence-electron chi connectivity index (χ2n) is 47.8. The molecule has 2 N–H and O–H groups in total. The van der Waals surface area contributed by atoms with Crippen LogP contribution in [0.15, 0.2) is 48.5 Å². The fourth-order valence-electron chi connectivity index (χ4n) is 21.6. The average molecular weight is 2100 g/mol. The normalized spacial score (nSPS) is 12.0. The molecule has 5 aromatic rings. The average Bonchev–Trinajstić information content (AvgIpc) is 1.66. The summed E-state index contributed by atoms with van der Waals surface area (Å²) in [7, 11) is -4.00. The first-order valence-electron chi connectivity index (χ1n) is 65.0. The predicted octanol–water partition coefficient (Wildman–Crippen LogP) is 45.6. The molecule has 3 aromatic heterocycles. The highest BCUT2D eigenvalue weighted by molar-refractivity contribution is 6.84. The van der Waals surface area contributed by atoms with Crippen molar-refractivity contribution in [1.82, 2.24) is 19.9 Å². The molecule has 2 aliphatic rings. The van der Waals surface area contributed by atoms with E-state index in [1.165, 1.54) is 462 Å². The van der Waals surface area contributed by atoms with Crippen LogP contribution in [-0.4, -0.2) is 75.7 Å². The first kappa shape index (κ1) is 130. The Morgan fingerprint density at radius 1 is 0.200 bits per heavy atom. The Bertz CT molecular complexity index is 4190. The maximum Gasteiger partial charge on any atom is 0.203 e. The van der Waals surface area contributed by atoms with Crippen molar-refractivity contribution < 1.29 is 28.4 Å². The molecule has 8 bridgehead atoms. The van der Waals surface area contributed by atoms with Gasteiger partial charge < -0.3 is 38.4 Å². The highest BCUT2D eigenvalue weighted by atomic mass is 28.3. The Hall–Kier alpha value is -6.61. The number of hydrogen-bond acceptors (Lipinski definition) is 8. The number of rotatable bonds is 98. The minimum Gasteiger partial charge on any atom is -0.490 e. The van der Waals surface area contributed by atoms with E-state index < -0.39 is 16.1 Å². The first-order chi connectivity index (χ1) is 73.7. The van der Waals surface area contributed by atoms with Gasteiger partial charge in [0.15, 0.2) is 23.0 Å². The number of aromatic amines is 2. The topological polar surface area (TPSA) is 113 Å². The van der Waals surface area contributed by atoms with Crippen molar-refractivity contribution in [2.45, 2.75) is 620 Å². The smallest absolute Gasteiger partial charge is 0.203 e. The summed E-state index contributed by atoms with van der Waals surface area (Å²) in [5, 5.41) is 0. The van der Waals surface area contributed by atoms with Gasteiger partial charge in [-0.3, -0.25) is 0 Å². The highest BCUT2D eigenvalue weighted by Gasteiger charge is 2.26. The molecule has 0 aliphatic carbocycles. The van der Waals surface area contributed by atoms with Crippen molar-refractivity contribution >= 4 is 62.5 Å². The van der Waals surface area contributed by atoms with Crippen LogP contribution in [0, 0.1) is 22.9 Å². The van der Waals surface area contributed by atoms with E-state index in [0.29, 0.717) is 39.6 Å². The highest BCUT2D eigenvalue weighted by Crippen LogP contribution is 2.48. The third-order valence-electron chi connectivity index (χ3n) is 31.0. The van der Waals surface area contributed by atoms with E-state index in [2.05, 4.69) is 187 Å². The van der Waals surface area contributed by atoms with Crippen LogP contribution in [0.25, 0.3) is 68.6 Å². The maximum atomic E-state index is 7.28. The van der Waals surface area contributed by atoms with Crippen LogP contribution in [0.3, 0.4) is 0 Å². The van der Waals surface area contributed by atoms with Gasteiger partial charge in [0.05, 0.1) is 84.6 Å². The van der Waals surface area contributed by atoms with Crippen LogP contribution >= 0.6 is 0 Å². The van der Waals surface area contributed by atoms with Gasteiger partial charge in [-0.05, 0) is 122 Å². The molecule has 846 valence electrons. The lowest BCUT2D eigenvalue weighted by molar-refractivity contribution is 0.234. The molecule has 0 fully saturated rings.